The molecule has 0 heterocycles. The molecule has 0 fully saturated rings. The largest absolute Gasteiger partial charge is 0.322 e. The van der Waals surface area contributed by atoms with Gasteiger partial charge in [0.15, 0.2) is 0 Å². The van der Waals surface area contributed by atoms with Crippen LogP contribution in [-0.2, 0) is 5.54 Å². The third-order valence-electron chi connectivity index (χ3n) is 2.55. The number of hydrogen-bond acceptors (Lipinski definition) is 1. The van der Waals surface area contributed by atoms with Gasteiger partial charge in [0.05, 0.1) is 0 Å². The molecule has 0 aliphatic rings. The molecule has 0 amide bonds. The van der Waals surface area contributed by atoms with E-state index in [4.69, 9.17) is 5.73 Å². The monoisotopic (exact) mass is 241 g/mol. The Hall–Kier alpha value is -0.340. The van der Waals surface area contributed by atoms with E-state index in [9.17, 15) is 0 Å². The van der Waals surface area contributed by atoms with Gasteiger partial charge in [-0.2, -0.15) is 0 Å². The minimum absolute atomic E-state index is 0.214. The maximum Gasteiger partial charge on any atom is 0.0381 e. The molecule has 1 aromatic carbocycles. The second-order valence-electron chi connectivity index (χ2n) is 3.73. The van der Waals surface area contributed by atoms with Crippen LogP contribution in [0.5, 0.6) is 0 Å². The van der Waals surface area contributed by atoms with Gasteiger partial charge in [-0.05, 0) is 43.5 Å². The van der Waals surface area contributed by atoms with Gasteiger partial charge in [0.1, 0.15) is 0 Å². The van der Waals surface area contributed by atoms with Crippen LogP contribution in [0, 0.1) is 6.92 Å². The molecule has 0 aliphatic carbocycles. The number of nitrogens with two attached hydrogens (primary N) is 1. The lowest BCUT2D eigenvalue weighted by Gasteiger charge is -2.25. The van der Waals surface area contributed by atoms with Crippen molar-refractivity contribution in [3.63, 3.8) is 0 Å². The van der Waals surface area contributed by atoms with Crippen molar-refractivity contribution in [1.29, 1.82) is 0 Å². The summed E-state index contributed by atoms with van der Waals surface area (Å²) in [5.74, 6) is 0. The van der Waals surface area contributed by atoms with E-state index in [0.29, 0.717) is 0 Å². The summed E-state index contributed by atoms with van der Waals surface area (Å²) in [6.07, 6.45) is 0.949. The highest BCUT2D eigenvalue weighted by Gasteiger charge is 2.20. The van der Waals surface area contributed by atoms with Gasteiger partial charge in [0, 0.05) is 10.0 Å². The zero-order valence-corrected chi connectivity index (χ0v) is 9.98. The molecule has 2 heteroatoms. The van der Waals surface area contributed by atoms with E-state index in [0.717, 1.165) is 10.9 Å². The number of hydrogen-bond donors (Lipinski definition) is 1. The molecule has 0 saturated heterocycles. The molecule has 1 aromatic rings. The first-order chi connectivity index (χ1) is 5.97. The van der Waals surface area contributed by atoms with E-state index in [2.05, 4.69) is 48.8 Å². The van der Waals surface area contributed by atoms with Crippen molar-refractivity contribution in [2.45, 2.75) is 32.7 Å². The lowest BCUT2D eigenvalue weighted by Crippen LogP contribution is -2.32. The van der Waals surface area contributed by atoms with Crippen molar-refractivity contribution in [3.8, 4) is 0 Å². The van der Waals surface area contributed by atoms with Gasteiger partial charge in [0.2, 0.25) is 0 Å². The highest BCUT2D eigenvalue weighted by molar-refractivity contribution is 9.10. The van der Waals surface area contributed by atoms with Crippen LogP contribution in [0.25, 0.3) is 0 Å². The van der Waals surface area contributed by atoms with E-state index in [1.165, 1.54) is 11.1 Å². The topological polar surface area (TPSA) is 26.0 Å². The van der Waals surface area contributed by atoms with Crippen molar-refractivity contribution in [2.24, 2.45) is 5.73 Å². The Kier molecular flexibility index (Phi) is 3.14. The third-order valence-corrected chi connectivity index (χ3v) is 3.04. The van der Waals surface area contributed by atoms with E-state index in [1.54, 1.807) is 0 Å². The maximum absolute atomic E-state index is 6.19. The number of aryl methyl sites for hydroxylation is 1. The first-order valence-corrected chi connectivity index (χ1v) is 5.32. The molecule has 0 bridgehead atoms. The fraction of sp³-hybridized carbons (Fsp3) is 0.455. The van der Waals surface area contributed by atoms with Gasteiger partial charge in [0.25, 0.3) is 0 Å². The predicted molar refractivity (Wildman–Crippen MR) is 60.7 cm³/mol. The molecule has 1 rings (SSSR count). The molecule has 0 saturated carbocycles. The molecule has 1 atom stereocenters. The molecular weight excluding hydrogens is 226 g/mol. The molecule has 13 heavy (non-hydrogen) atoms. The molecule has 1 nitrogen and oxygen atoms in total. The van der Waals surface area contributed by atoms with Gasteiger partial charge in [-0.15, -0.1) is 0 Å². The predicted octanol–water partition coefficient (Wildman–Crippen LogP) is 3.34. The van der Waals surface area contributed by atoms with Crippen molar-refractivity contribution in [2.75, 3.05) is 0 Å². The van der Waals surface area contributed by atoms with Crippen LogP contribution in [-0.4, -0.2) is 0 Å². The Labute approximate surface area is 88.5 Å². The smallest absolute Gasteiger partial charge is 0.0381 e. The lowest BCUT2D eigenvalue weighted by molar-refractivity contribution is 0.473. The highest BCUT2D eigenvalue weighted by atomic mass is 79.9. The normalized spacial score (nSPS) is 15.5. The number of rotatable bonds is 2. The van der Waals surface area contributed by atoms with Crippen LogP contribution in [0.2, 0.25) is 0 Å². The first kappa shape index (κ1) is 10.7. The fourth-order valence-corrected chi connectivity index (χ4v) is 1.76. The summed E-state index contributed by atoms with van der Waals surface area (Å²) >= 11 is 3.46. The fourth-order valence-electron chi connectivity index (χ4n) is 1.40. The Morgan fingerprint density at radius 3 is 2.62 bits per heavy atom. The summed E-state index contributed by atoms with van der Waals surface area (Å²) in [5, 5.41) is 0. The highest BCUT2D eigenvalue weighted by Crippen LogP contribution is 2.27. The van der Waals surface area contributed by atoms with Gasteiger partial charge in [-0.25, -0.2) is 0 Å². The summed E-state index contributed by atoms with van der Waals surface area (Å²) in [5.41, 5.74) is 8.46. The zero-order valence-electron chi connectivity index (χ0n) is 8.39. The molecule has 72 valence electrons. The summed E-state index contributed by atoms with van der Waals surface area (Å²) in [6, 6.07) is 6.25. The van der Waals surface area contributed by atoms with Crippen molar-refractivity contribution in [1.82, 2.24) is 0 Å². The minimum Gasteiger partial charge on any atom is -0.322 e. The minimum atomic E-state index is -0.214. The van der Waals surface area contributed by atoms with Gasteiger partial charge >= 0.3 is 0 Å². The Balaban J connectivity index is 3.20. The molecule has 2 N–H and O–H groups in total. The Bertz CT molecular complexity index is 305. The van der Waals surface area contributed by atoms with Crippen LogP contribution in [0.4, 0.5) is 0 Å². The van der Waals surface area contributed by atoms with Gasteiger partial charge in [-0.1, -0.05) is 28.9 Å². The lowest BCUT2D eigenvalue weighted by atomic mass is 9.87. The standard InChI is InChI=1S/C11H16BrN/c1-4-11(3,13)10-7-9(12)6-5-8(10)2/h5-7H,4,13H2,1-3H3. The van der Waals surface area contributed by atoms with Crippen LogP contribution in [0.3, 0.4) is 0 Å². The van der Waals surface area contributed by atoms with Crippen molar-refractivity contribution < 1.29 is 0 Å². The van der Waals surface area contributed by atoms with Crippen molar-refractivity contribution >= 4 is 15.9 Å². The molecule has 0 spiro atoms. The molecule has 0 aliphatic heterocycles. The second-order valence-corrected chi connectivity index (χ2v) is 4.65. The number of halogens is 1. The van der Waals surface area contributed by atoms with Crippen LogP contribution in [0.1, 0.15) is 31.4 Å². The van der Waals surface area contributed by atoms with Crippen LogP contribution in [0.15, 0.2) is 22.7 Å². The molecule has 1 unspecified atom stereocenters. The van der Waals surface area contributed by atoms with E-state index in [1.807, 2.05) is 6.07 Å². The summed E-state index contributed by atoms with van der Waals surface area (Å²) in [6.45, 7) is 6.28. The SMILES string of the molecule is CCC(C)(N)c1cc(Br)ccc1C. The van der Waals surface area contributed by atoms with E-state index in [-0.39, 0.29) is 5.54 Å². The summed E-state index contributed by atoms with van der Waals surface area (Å²) in [7, 11) is 0. The molecule has 0 radical (unpaired) electrons. The molecule has 0 aromatic heterocycles. The Morgan fingerprint density at radius 2 is 2.08 bits per heavy atom. The third kappa shape index (κ3) is 2.32. The average molecular weight is 242 g/mol. The van der Waals surface area contributed by atoms with E-state index < -0.39 is 0 Å². The number of benzene rings is 1. The average Bonchev–Trinajstić information content (AvgIpc) is 2.09. The van der Waals surface area contributed by atoms with Crippen LogP contribution < -0.4 is 5.73 Å². The summed E-state index contributed by atoms with van der Waals surface area (Å²) in [4.78, 5) is 0. The maximum atomic E-state index is 6.19. The second kappa shape index (κ2) is 3.81. The van der Waals surface area contributed by atoms with Gasteiger partial charge < -0.3 is 5.73 Å². The summed E-state index contributed by atoms with van der Waals surface area (Å²) < 4.78 is 1.10. The van der Waals surface area contributed by atoms with Gasteiger partial charge in [-0.3, -0.25) is 0 Å². The van der Waals surface area contributed by atoms with Crippen LogP contribution >= 0.6 is 15.9 Å². The zero-order chi connectivity index (χ0) is 10.1. The first-order valence-electron chi connectivity index (χ1n) is 4.53. The van der Waals surface area contributed by atoms with E-state index >= 15 is 0 Å². The molecular formula is C11H16BrN. The quantitative estimate of drug-likeness (QED) is 0.845. The van der Waals surface area contributed by atoms with Crippen molar-refractivity contribution in [3.05, 3.63) is 33.8 Å². The Morgan fingerprint density at radius 1 is 1.46 bits per heavy atom.